The summed E-state index contributed by atoms with van der Waals surface area (Å²) in [6.07, 6.45) is 1.53. The zero-order chi connectivity index (χ0) is 18.4. The van der Waals surface area contributed by atoms with Gasteiger partial charge in [-0.3, -0.25) is 23.5 Å². The van der Waals surface area contributed by atoms with Crippen LogP contribution in [-0.4, -0.2) is 32.7 Å². The molecule has 2 rings (SSSR count). The van der Waals surface area contributed by atoms with E-state index in [0.29, 0.717) is 0 Å². The van der Waals surface area contributed by atoms with Crippen molar-refractivity contribution in [1.82, 2.24) is 14.5 Å². The van der Waals surface area contributed by atoms with Crippen molar-refractivity contribution >= 4 is 11.9 Å². The van der Waals surface area contributed by atoms with Gasteiger partial charge in [-0.1, -0.05) is 30.3 Å². The van der Waals surface area contributed by atoms with Gasteiger partial charge in [-0.15, -0.1) is 0 Å². The molecule has 8 nitrogen and oxygen atoms in total. The Hall–Kier alpha value is -3.16. The molecule has 132 valence electrons. The van der Waals surface area contributed by atoms with E-state index in [1.807, 2.05) is 30.3 Å². The van der Waals surface area contributed by atoms with Gasteiger partial charge in [0.1, 0.15) is 6.54 Å². The molecule has 2 aromatic rings. The van der Waals surface area contributed by atoms with Crippen LogP contribution in [0.1, 0.15) is 5.56 Å². The van der Waals surface area contributed by atoms with Gasteiger partial charge in [0, 0.05) is 25.9 Å². The second-order valence-corrected chi connectivity index (χ2v) is 5.65. The van der Waals surface area contributed by atoms with Gasteiger partial charge in [-0.2, -0.15) is 0 Å². The summed E-state index contributed by atoms with van der Waals surface area (Å²) in [5.41, 5.74) is -0.212. The Morgan fingerprint density at radius 2 is 1.84 bits per heavy atom. The molecule has 2 N–H and O–H groups in total. The van der Waals surface area contributed by atoms with Crippen LogP contribution in [0.3, 0.4) is 0 Å². The predicted molar refractivity (Wildman–Crippen MR) is 90.2 cm³/mol. The minimum atomic E-state index is -1.01. The van der Waals surface area contributed by atoms with E-state index >= 15 is 0 Å². The second kappa shape index (κ2) is 8.09. The number of hydrogen-bond acceptors (Lipinski definition) is 4. The molecule has 0 fully saturated rings. The fourth-order valence-electron chi connectivity index (χ4n) is 2.33. The van der Waals surface area contributed by atoms with Crippen molar-refractivity contribution in [1.29, 1.82) is 0 Å². The molecule has 0 saturated carbocycles. The van der Waals surface area contributed by atoms with Crippen LogP contribution in [0.2, 0.25) is 0 Å². The minimum Gasteiger partial charge on any atom is -0.481 e. The highest BCUT2D eigenvalue weighted by Crippen LogP contribution is 2.08. The highest BCUT2D eigenvalue weighted by Gasteiger charge is 2.19. The van der Waals surface area contributed by atoms with E-state index < -0.39 is 29.0 Å². The zero-order valence-electron chi connectivity index (χ0n) is 13.7. The summed E-state index contributed by atoms with van der Waals surface area (Å²) < 4.78 is 1.98. The molecule has 25 heavy (non-hydrogen) atoms. The molecule has 0 aliphatic rings. The summed E-state index contributed by atoms with van der Waals surface area (Å²) in [6.45, 7) is -0.339. The first kappa shape index (κ1) is 18.2. The maximum atomic E-state index is 12.0. The predicted octanol–water partition coefficient (Wildman–Crippen LogP) is -0.393. The number of nitrogens with zero attached hydrogens (tertiary/aromatic N) is 2. The molecule has 0 aliphatic heterocycles. The molecule has 1 atom stereocenters. The molecule has 1 heterocycles. The number of amides is 1. The van der Waals surface area contributed by atoms with Crippen molar-refractivity contribution in [3.05, 3.63) is 69.0 Å². The fraction of sp³-hybridized carbons (Fsp3) is 0.294. The smallest absolute Gasteiger partial charge is 0.331 e. The number of nitrogens with one attached hydrogen (secondary N) is 1. The number of carboxylic acid groups (broad SMARTS) is 1. The van der Waals surface area contributed by atoms with Crippen LogP contribution < -0.4 is 16.6 Å². The normalized spacial score (nSPS) is 11.7. The van der Waals surface area contributed by atoms with Crippen LogP contribution >= 0.6 is 0 Å². The number of rotatable bonds is 7. The number of carbonyl (C=O) groups excluding carboxylic acids is 1. The van der Waals surface area contributed by atoms with Crippen molar-refractivity contribution < 1.29 is 14.7 Å². The van der Waals surface area contributed by atoms with Gasteiger partial charge in [0.25, 0.3) is 5.56 Å². The Morgan fingerprint density at radius 3 is 2.48 bits per heavy atom. The van der Waals surface area contributed by atoms with Crippen LogP contribution in [-0.2, 0) is 29.6 Å². The van der Waals surface area contributed by atoms with Gasteiger partial charge >= 0.3 is 11.7 Å². The largest absolute Gasteiger partial charge is 0.481 e. The van der Waals surface area contributed by atoms with Crippen LogP contribution in [0.5, 0.6) is 0 Å². The first-order chi connectivity index (χ1) is 11.9. The van der Waals surface area contributed by atoms with Crippen LogP contribution in [0.25, 0.3) is 0 Å². The summed E-state index contributed by atoms with van der Waals surface area (Å²) in [5, 5.41) is 11.8. The molecular formula is C17H19N3O5. The van der Waals surface area contributed by atoms with Gasteiger partial charge in [0.05, 0.1) is 5.92 Å². The fourth-order valence-corrected chi connectivity index (χ4v) is 2.33. The molecule has 1 aromatic carbocycles. The summed E-state index contributed by atoms with van der Waals surface area (Å²) in [7, 11) is 1.32. The van der Waals surface area contributed by atoms with E-state index in [-0.39, 0.29) is 19.5 Å². The third kappa shape index (κ3) is 4.90. The van der Waals surface area contributed by atoms with Crippen molar-refractivity contribution in [3.63, 3.8) is 0 Å². The number of aliphatic carboxylic acids is 1. The standard InChI is InChI=1S/C17H19N3O5/c1-19-15(22)7-8-20(17(19)25)11-14(21)18-10-13(16(23)24)9-12-5-3-2-4-6-12/h2-8,13H,9-11H2,1H3,(H,18,21)(H,23,24). The third-order valence-electron chi connectivity index (χ3n) is 3.79. The highest BCUT2D eigenvalue weighted by atomic mass is 16.4. The molecule has 1 amide bonds. The monoisotopic (exact) mass is 345 g/mol. The average molecular weight is 345 g/mol. The van der Waals surface area contributed by atoms with Gasteiger partial charge < -0.3 is 10.4 Å². The maximum absolute atomic E-state index is 12.0. The molecule has 0 bridgehead atoms. The third-order valence-corrected chi connectivity index (χ3v) is 3.79. The van der Waals surface area contributed by atoms with Gasteiger partial charge in [-0.05, 0) is 12.0 Å². The van der Waals surface area contributed by atoms with Gasteiger partial charge in [0.15, 0.2) is 0 Å². The van der Waals surface area contributed by atoms with E-state index in [1.165, 1.54) is 19.3 Å². The highest BCUT2D eigenvalue weighted by molar-refractivity contribution is 5.77. The topological polar surface area (TPSA) is 110 Å². The lowest BCUT2D eigenvalue weighted by Gasteiger charge is -2.14. The average Bonchev–Trinajstić information content (AvgIpc) is 2.59. The quantitative estimate of drug-likeness (QED) is 0.710. The number of carboxylic acids is 1. The molecular weight excluding hydrogens is 326 g/mol. The summed E-state index contributed by atoms with van der Waals surface area (Å²) in [5.74, 6) is -2.29. The Morgan fingerprint density at radius 1 is 1.16 bits per heavy atom. The lowest BCUT2D eigenvalue weighted by molar-refractivity contribution is -0.141. The minimum absolute atomic E-state index is 0.0520. The molecule has 1 unspecified atom stereocenters. The van der Waals surface area contributed by atoms with Crippen molar-refractivity contribution in [2.24, 2.45) is 13.0 Å². The van der Waals surface area contributed by atoms with Gasteiger partial charge in [0.2, 0.25) is 5.91 Å². The maximum Gasteiger partial charge on any atom is 0.331 e. The lowest BCUT2D eigenvalue weighted by atomic mass is 9.99. The molecule has 0 radical (unpaired) electrons. The summed E-state index contributed by atoms with van der Waals surface area (Å²) in [6, 6.07) is 10.3. The number of hydrogen-bond donors (Lipinski definition) is 2. The molecule has 0 aliphatic carbocycles. The number of aromatic nitrogens is 2. The van der Waals surface area contributed by atoms with Crippen molar-refractivity contribution in [2.75, 3.05) is 6.54 Å². The van der Waals surface area contributed by atoms with E-state index in [4.69, 9.17) is 0 Å². The Bertz CT molecular complexity index is 870. The SMILES string of the molecule is Cn1c(=O)ccn(CC(=O)NCC(Cc2ccccc2)C(=O)O)c1=O. The van der Waals surface area contributed by atoms with E-state index in [9.17, 15) is 24.3 Å². The first-order valence-electron chi connectivity index (χ1n) is 7.68. The number of benzene rings is 1. The Labute approximate surface area is 143 Å². The second-order valence-electron chi connectivity index (χ2n) is 5.65. The molecule has 0 spiro atoms. The lowest BCUT2D eigenvalue weighted by Crippen LogP contribution is -2.41. The molecule has 8 heteroatoms. The summed E-state index contributed by atoms with van der Waals surface area (Å²) >= 11 is 0. The van der Waals surface area contributed by atoms with Crippen LogP contribution in [0.4, 0.5) is 0 Å². The summed E-state index contributed by atoms with van der Waals surface area (Å²) in [4.78, 5) is 46.5. The van der Waals surface area contributed by atoms with Crippen LogP contribution in [0, 0.1) is 5.92 Å². The molecule has 0 saturated heterocycles. The first-order valence-corrected chi connectivity index (χ1v) is 7.68. The molecule has 1 aromatic heterocycles. The van der Waals surface area contributed by atoms with Crippen molar-refractivity contribution in [2.45, 2.75) is 13.0 Å². The Balaban J connectivity index is 1.97. The zero-order valence-corrected chi connectivity index (χ0v) is 13.7. The Kier molecular flexibility index (Phi) is 5.89. The van der Waals surface area contributed by atoms with E-state index in [0.717, 1.165) is 14.7 Å². The van der Waals surface area contributed by atoms with E-state index in [2.05, 4.69) is 5.32 Å². The van der Waals surface area contributed by atoms with Crippen LogP contribution in [0.15, 0.2) is 52.2 Å². The van der Waals surface area contributed by atoms with E-state index in [1.54, 1.807) is 0 Å². The van der Waals surface area contributed by atoms with Crippen molar-refractivity contribution in [3.8, 4) is 0 Å². The number of carbonyl (C=O) groups is 2. The van der Waals surface area contributed by atoms with Gasteiger partial charge in [-0.25, -0.2) is 4.79 Å².